The average Bonchev–Trinajstić information content (AvgIpc) is 2.82. The lowest BCUT2D eigenvalue weighted by atomic mass is 10.2. The van der Waals surface area contributed by atoms with Crippen LogP contribution < -0.4 is 10.2 Å². The molecular weight excluding hydrogens is 278 g/mol. The zero-order chi connectivity index (χ0) is 15.2. The maximum absolute atomic E-state index is 4.76. The van der Waals surface area contributed by atoms with Gasteiger partial charge in [-0.3, -0.25) is 0 Å². The van der Waals surface area contributed by atoms with Crippen LogP contribution in [0.15, 0.2) is 30.3 Å². The van der Waals surface area contributed by atoms with Gasteiger partial charge in [0.1, 0.15) is 0 Å². The molecule has 4 heteroatoms. The van der Waals surface area contributed by atoms with Crippen molar-refractivity contribution < 1.29 is 0 Å². The summed E-state index contributed by atoms with van der Waals surface area (Å²) in [7, 11) is 0. The first kappa shape index (κ1) is 16.0. The summed E-state index contributed by atoms with van der Waals surface area (Å²) in [5, 5.41) is 4.59. The van der Waals surface area contributed by atoms with E-state index in [4.69, 9.17) is 4.98 Å². The SMILES string of the molecule is CCN(c1ccccc1)c1nc(C)c(CNCC(C)C)s1. The summed E-state index contributed by atoms with van der Waals surface area (Å²) in [6.45, 7) is 11.6. The number of hydrogen-bond donors (Lipinski definition) is 1. The number of aryl methyl sites for hydroxylation is 1. The summed E-state index contributed by atoms with van der Waals surface area (Å²) in [6, 6.07) is 10.5. The number of thiazole rings is 1. The summed E-state index contributed by atoms with van der Waals surface area (Å²) < 4.78 is 0. The van der Waals surface area contributed by atoms with Crippen molar-refractivity contribution >= 4 is 22.2 Å². The lowest BCUT2D eigenvalue weighted by Gasteiger charge is -2.19. The number of para-hydroxylation sites is 1. The minimum atomic E-state index is 0.675. The highest BCUT2D eigenvalue weighted by atomic mass is 32.1. The fourth-order valence-corrected chi connectivity index (χ4v) is 3.32. The van der Waals surface area contributed by atoms with E-state index in [9.17, 15) is 0 Å². The molecule has 0 bridgehead atoms. The number of nitrogens with zero attached hydrogens (tertiary/aromatic N) is 2. The second-order valence-corrected chi connectivity index (χ2v) is 6.67. The smallest absolute Gasteiger partial charge is 0.190 e. The first-order valence-electron chi connectivity index (χ1n) is 7.61. The third-order valence-corrected chi connectivity index (χ3v) is 4.51. The van der Waals surface area contributed by atoms with Crippen LogP contribution in [-0.2, 0) is 6.54 Å². The minimum Gasteiger partial charge on any atom is -0.318 e. The molecule has 114 valence electrons. The van der Waals surface area contributed by atoms with E-state index < -0.39 is 0 Å². The molecule has 0 aliphatic carbocycles. The lowest BCUT2D eigenvalue weighted by molar-refractivity contribution is 0.554. The van der Waals surface area contributed by atoms with Crippen molar-refractivity contribution in [1.29, 1.82) is 0 Å². The molecule has 1 N–H and O–H groups in total. The molecule has 1 aromatic carbocycles. The number of nitrogens with one attached hydrogen (secondary N) is 1. The van der Waals surface area contributed by atoms with Crippen molar-refractivity contribution in [2.24, 2.45) is 5.92 Å². The Hall–Kier alpha value is -1.39. The molecule has 0 atom stereocenters. The average molecular weight is 303 g/mol. The molecule has 0 unspecified atom stereocenters. The first-order chi connectivity index (χ1) is 10.1. The number of aromatic nitrogens is 1. The molecule has 0 aliphatic rings. The second kappa shape index (κ2) is 7.57. The topological polar surface area (TPSA) is 28.2 Å². The Balaban J connectivity index is 2.13. The Morgan fingerprint density at radius 3 is 2.57 bits per heavy atom. The lowest BCUT2D eigenvalue weighted by Crippen LogP contribution is -2.18. The summed E-state index contributed by atoms with van der Waals surface area (Å²) in [4.78, 5) is 8.36. The molecule has 21 heavy (non-hydrogen) atoms. The van der Waals surface area contributed by atoms with Gasteiger partial charge in [0.15, 0.2) is 5.13 Å². The number of rotatable bonds is 7. The van der Waals surface area contributed by atoms with Gasteiger partial charge in [-0.25, -0.2) is 4.98 Å². The summed E-state index contributed by atoms with van der Waals surface area (Å²) in [6.07, 6.45) is 0. The van der Waals surface area contributed by atoms with Gasteiger partial charge in [-0.15, -0.1) is 0 Å². The Morgan fingerprint density at radius 2 is 1.95 bits per heavy atom. The van der Waals surface area contributed by atoms with Crippen LogP contribution in [0.25, 0.3) is 0 Å². The van der Waals surface area contributed by atoms with Crippen LogP contribution >= 0.6 is 11.3 Å². The third-order valence-electron chi connectivity index (χ3n) is 3.33. The Kier molecular flexibility index (Phi) is 5.76. The second-order valence-electron chi connectivity index (χ2n) is 5.61. The molecule has 0 saturated heterocycles. The van der Waals surface area contributed by atoms with Crippen molar-refractivity contribution in [3.63, 3.8) is 0 Å². The maximum atomic E-state index is 4.76. The maximum Gasteiger partial charge on any atom is 0.190 e. The van der Waals surface area contributed by atoms with Crippen LogP contribution in [-0.4, -0.2) is 18.1 Å². The molecule has 0 fully saturated rings. The molecule has 3 nitrogen and oxygen atoms in total. The van der Waals surface area contributed by atoms with Gasteiger partial charge in [-0.2, -0.15) is 0 Å². The predicted molar refractivity (Wildman–Crippen MR) is 92.5 cm³/mol. The largest absolute Gasteiger partial charge is 0.318 e. The van der Waals surface area contributed by atoms with Gasteiger partial charge in [-0.05, 0) is 38.4 Å². The van der Waals surface area contributed by atoms with Gasteiger partial charge in [0.05, 0.1) is 5.69 Å². The zero-order valence-corrected chi connectivity index (χ0v) is 14.2. The van der Waals surface area contributed by atoms with E-state index in [1.54, 1.807) is 11.3 Å². The monoisotopic (exact) mass is 303 g/mol. The van der Waals surface area contributed by atoms with E-state index in [0.29, 0.717) is 5.92 Å². The van der Waals surface area contributed by atoms with Crippen LogP contribution in [0.4, 0.5) is 10.8 Å². The van der Waals surface area contributed by atoms with Crippen LogP contribution in [0.5, 0.6) is 0 Å². The molecule has 2 aromatic rings. The minimum absolute atomic E-state index is 0.675. The van der Waals surface area contributed by atoms with Crippen LogP contribution in [0.3, 0.4) is 0 Å². The highest BCUT2D eigenvalue weighted by molar-refractivity contribution is 7.15. The van der Waals surface area contributed by atoms with Crippen molar-refractivity contribution in [3.05, 3.63) is 40.9 Å². The van der Waals surface area contributed by atoms with E-state index in [-0.39, 0.29) is 0 Å². The van der Waals surface area contributed by atoms with Crippen molar-refractivity contribution in [3.8, 4) is 0 Å². The molecule has 0 spiro atoms. The number of hydrogen-bond acceptors (Lipinski definition) is 4. The Bertz CT molecular complexity index is 548. The van der Waals surface area contributed by atoms with Gasteiger partial charge in [-0.1, -0.05) is 43.4 Å². The van der Waals surface area contributed by atoms with E-state index >= 15 is 0 Å². The predicted octanol–water partition coefficient (Wildman–Crippen LogP) is 4.36. The van der Waals surface area contributed by atoms with Gasteiger partial charge in [0.25, 0.3) is 0 Å². The van der Waals surface area contributed by atoms with E-state index in [2.05, 4.69) is 62.2 Å². The highest BCUT2D eigenvalue weighted by Gasteiger charge is 2.14. The third kappa shape index (κ3) is 4.29. The Morgan fingerprint density at radius 1 is 1.24 bits per heavy atom. The first-order valence-corrected chi connectivity index (χ1v) is 8.43. The van der Waals surface area contributed by atoms with E-state index in [0.717, 1.165) is 30.5 Å². The van der Waals surface area contributed by atoms with Gasteiger partial charge in [0.2, 0.25) is 0 Å². The molecule has 0 radical (unpaired) electrons. The van der Waals surface area contributed by atoms with Gasteiger partial charge >= 0.3 is 0 Å². The van der Waals surface area contributed by atoms with E-state index in [1.165, 1.54) is 10.6 Å². The summed E-state index contributed by atoms with van der Waals surface area (Å²) in [5.74, 6) is 0.675. The molecular formula is C17H25N3S. The fourth-order valence-electron chi connectivity index (χ4n) is 2.20. The molecule has 0 saturated carbocycles. The quantitative estimate of drug-likeness (QED) is 0.824. The van der Waals surface area contributed by atoms with Crippen LogP contribution in [0.2, 0.25) is 0 Å². The Labute approximate surface area is 132 Å². The fraction of sp³-hybridized carbons (Fsp3) is 0.471. The highest BCUT2D eigenvalue weighted by Crippen LogP contribution is 2.31. The number of benzene rings is 1. The molecule has 0 aliphatic heterocycles. The molecule has 1 heterocycles. The van der Waals surface area contributed by atoms with Gasteiger partial charge < -0.3 is 10.2 Å². The summed E-state index contributed by atoms with van der Waals surface area (Å²) in [5.41, 5.74) is 2.34. The van der Waals surface area contributed by atoms with Crippen molar-refractivity contribution in [1.82, 2.24) is 10.3 Å². The molecule has 0 amide bonds. The standard InChI is InChI=1S/C17H25N3S/c1-5-20(15-9-7-6-8-10-15)17-19-14(4)16(21-17)12-18-11-13(2)3/h6-10,13,18H,5,11-12H2,1-4H3. The molecule has 2 rings (SSSR count). The summed E-state index contributed by atoms with van der Waals surface area (Å²) >= 11 is 1.79. The molecule has 1 aromatic heterocycles. The van der Waals surface area contributed by atoms with Crippen LogP contribution in [0.1, 0.15) is 31.3 Å². The van der Waals surface area contributed by atoms with Gasteiger partial charge in [0, 0.05) is 23.7 Å². The van der Waals surface area contributed by atoms with Crippen molar-refractivity contribution in [2.45, 2.75) is 34.2 Å². The van der Waals surface area contributed by atoms with E-state index in [1.807, 2.05) is 6.07 Å². The number of anilines is 2. The normalized spacial score (nSPS) is 11.1. The van der Waals surface area contributed by atoms with Crippen molar-refractivity contribution in [2.75, 3.05) is 18.0 Å². The van der Waals surface area contributed by atoms with Crippen LogP contribution in [0, 0.1) is 12.8 Å². The zero-order valence-electron chi connectivity index (χ0n) is 13.4.